The Morgan fingerprint density at radius 3 is 2.19 bits per heavy atom. The maximum atomic E-state index is 13.0. The van der Waals surface area contributed by atoms with Gasteiger partial charge < -0.3 is 5.32 Å². The van der Waals surface area contributed by atoms with Crippen LogP contribution >= 0.6 is 0 Å². The van der Waals surface area contributed by atoms with E-state index in [1.54, 1.807) is 18.2 Å². The summed E-state index contributed by atoms with van der Waals surface area (Å²) < 4.78 is 27.1. The molecule has 132 valence electrons. The lowest BCUT2D eigenvalue weighted by molar-refractivity contribution is 0.0951. The predicted molar refractivity (Wildman–Crippen MR) is 92.6 cm³/mol. The summed E-state index contributed by atoms with van der Waals surface area (Å²) >= 11 is 0. The monoisotopic (exact) mass is 355 g/mol. The van der Waals surface area contributed by atoms with E-state index in [1.165, 1.54) is 47.1 Å². The van der Waals surface area contributed by atoms with Crippen LogP contribution in [0.2, 0.25) is 0 Å². The van der Waals surface area contributed by atoms with Gasteiger partial charge in [0.2, 0.25) is 0 Å². The van der Waals surface area contributed by atoms with Gasteiger partial charge in [-0.1, -0.05) is 0 Å². The SMILES string of the molecule is O=C(NCCn1nc(-c2ccc(F)cc2)ccc1=O)c1ccc(F)cc1. The summed E-state index contributed by atoms with van der Waals surface area (Å²) in [6.07, 6.45) is 0. The highest BCUT2D eigenvalue weighted by atomic mass is 19.1. The van der Waals surface area contributed by atoms with Crippen LogP contribution < -0.4 is 10.9 Å². The fourth-order valence-corrected chi connectivity index (χ4v) is 2.36. The van der Waals surface area contributed by atoms with Crippen molar-refractivity contribution in [3.8, 4) is 11.3 Å². The van der Waals surface area contributed by atoms with Crippen molar-refractivity contribution >= 4 is 5.91 Å². The fourth-order valence-electron chi connectivity index (χ4n) is 2.36. The van der Waals surface area contributed by atoms with E-state index in [0.29, 0.717) is 16.8 Å². The number of aromatic nitrogens is 2. The van der Waals surface area contributed by atoms with E-state index in [0.717, 1.165) is 0 Å². The molecule has 1 N–H and O–H groups in total. The first kappa shape index (κ1) is 17.5. The molecule has 26 heavy (non-hydrogen) atoms. The van der Waals surface area contributed by atoms with Crippen LogP contribution in [0.25, 0.3) is 11.3 Å². The Balaban J connectivity index is 1.67. The quantitative estimate of drug-likeness (QED) is 0.765. The van der Waals surface area contributed by atoms with E-state index in [1.807, 2.05) is 0 Å². The van der Waals surface area contributed by atoms with Gasteiger partial charge in [-0.3, -0.25) is 9.59 Å². The molecule has 0 aliphatic carbocycles. The average Bonchev–Trinajstić information content (AvgIpc) is 2.64. The summed E-state index contributed by atoms with van der Waals surface area (Å²) in [5.74, 6) is -1.15. The molecule has 5 nitrogen and oxygen atoms in total. The normalized spacial score (nSPS) is 10.5. The van der Waals surface area contributed by atoms with Crippen LogP contribution in [0.1, 0.15) is 10.4 Å². The van der Waals surface area contributed by atoms with Gasteiger partial charge in [0.25, 0.3) is 11.5 Å². The Bertz CT molecular complexity index is 967. The van der Waals surface area contributed by atoms with Gasteiger partial charge in [-0.2, -0.15) is 5.10 Å². The Morgan fingerprint density at radius 1 is 0.923 bits per heavy atom. The van der Waals surface area contributed by atoms with Gasteiger partial charge in [0.05, 0.1) is 12.2 Å². The van der Waals surface area contributed by atoms with Crippen LogP contribution in [0.5, 0.6) is 0 Å². The highest BCUT2D eigenvalue weighted by Gasteiger charge is 2.07. The molecule has 0 aliphatic heterocycles. The maximum absolute atomic E-state index is 13.0. The number of carbonyl (C=O) groups is 1. The van der Waals surface area contributed by atoms with E-state index >= 15 is 0 Å². The van der Waals surface area contributed by atoms with Gasteiger partial charge in [0.1, 0.15) is 11.6 Å². The Labute approximate surface area is 147 Å². The van der Waals surface area contributed by atoms with Gasteiger partial charge in [-0.25, -0.2) is 13.5 Å². The molecule has 0 fully saturated rings. The molecule has 0 unspecified atom stereocenters. The first-order valence-electron chi connectivity index (χ1n) is 7.91. The van der Waals surface area contributed by atoms with Gasteiger partial charge in [0, 0.05) is 23.7 Å². The summed E-state index contributed by atoms with van der Waals surface area (Å²) in [7, 11) is 0. The summed E-state index contributed by atoms with van der Waals surface area (Å²) in [6.45, 7) is 0.344. The van der Waals surface area contributed by atoms with Crippen LogP contribution in [0.4, 0.5) is 8.78 Å². The fraction of sp³-hybridized carbons (Fsp3) is 0.105. The zero-order valence-corrected chi connectivity index (χ0v) is 13.7. The first-order valence-corrected chi connectivity index (χ1v) is 7.91. The number of rotatable bonds is 5. The van der Waals surface area contributed by atoms with E-state index in [4.69, 9.17) is 0 Å². The summed E-state index contributed by atoms with van der Waals surface area (Å²) in [4.78, 5) is 23.9. The van der Waals surface area contributed by atoms with Crippen molar-refractivity contribution in [2.24, 2.45) is 0 Å². The lowest BCUT2D eigenvalue weighted by Crippen LogP contribution is -2.31. The molecule has 0 radical (unpaired) electrons. The van der Waals surface area contributed by atoms with Crippen molar-refractivity contribution in [2.75, 3.05) is 6.54 Å². The number of hydrogen-bond acceptors (Lipinski definition) is 3. The second-order valence-corrected chi connectivity index (χ2v) is 5.55. The molecule has 1 heterocycles. The summed E-state index contributed by atoms with van der Waals surface area (Å²) in [6, 6.07) is 13.9. The molecule has 1 aromatic heterocycles. The van der Waals surface area contributed by atoms with Crippen LogP contribution in [-0.2, 0) is 6.54 Å². The van der Waals surface area contributed by atoms with Gasteiger partial charge in [-0.15, -0.1) is 0 Å². The lowest BCUT2D eigenvalue weighted by Gasteiger charge is -2.09. The molecule has 0 saturated carbocycles. The molecule has 7 heteroatoms. The largest absolute Gasteiger partial charge is 0.350 e. The highest BCUT2D eigenvalue weighted by Crippen LogP contribution is 2.15. The van der Waals surface area contributed by atoms with E-state index < -0.39 is 5.82 Å². The molecule has 0 bridgehead atoms. The third-order valence-corrected chi connectivity index (χ3v) is 3.72. The second-order valence-electron chi connectivity index (χ2n) is 5.55. The number of carbonyl (C=O) groups excluding carboxylic acids is 1. The second kappa shape index (κ2) is 7.69. The van der Waals surface area contributed by atoms with Crippen molar-refractivity contribution in [2.45, 2.75) is 6.54 Å². The minimum atomic E-state index is -0.421. The van der Waals surface area contributed by atoms with Crippen molar-refractivity contribution in [3.05, 3.63) is 88.2 Å². The van der Waals surface area contributed by atoms with E-state index in [-0.39, 0.29) is 30.4 Å². The standard InChI is InChI=1S/C19H15F2N3O2/c20-15-5-1-13(2-6-15)17-9-10-18(25)24(23-17)12-11-22-19(26)14-3-7-16(21)8-4-14/h1-10H,11-12H2,(H,22,26). The number of nitrogens with one attached hydrogen (secondary N) is 1. The minimum Gasteiger partial charge on any atom is -0.350 e. The topological polar surface area (TPSA) is 64.0 Å². The smallest absolute Gasteiger partial charge is 0.266 e. The summed E-state index contributed by atoms with van der Waals surface area (Å²) in [5.41, 5.74) is 1.21. The Hall–Kier alpha value is -3.35. The predicted octanol–water partition coefficient (Wildman–Crippen LogP) is 2.62. The number of halogens is 2. The minimum absolute atomic E-state index is 0.167. The van der Waals surface area contributed by atoms with Crippen LogP contribution in [0, 0.1) is 11.6 Å². The highest BCUT2D eigenvalue weighted by molar-refractivity contribution is 5.94. The van der Waals surface area contributed by atoms with Gasteiger partial charge in [-0.05, 0) is 54.6 Å². The first-order chi connectivity index (χ1) is 12.5. The Morgan fingerprint density at radius 2 is 1.54 bits per heavy atom. The molecule has 0 saturated heterocycles. The van der Waals surface area contributed by atoms with E-state index in [2.05, 4.69) is 10.4 Å². The number of amides is 1. The zero-order chi connectivity index (χ0) is 18.5. The molecular weight excluding hydrogens is 340 g/mol. The van der Waals surface area contributed by atoms with Crippen molar-refractivity contribution in [1.29, 1.82) is 0 Å². The number of hydrogen-bond donors (Lipinski definition) is 1. The number of benzene rings is 2. The third kappa shape index (κ3) is 4.18. The maximum Gasteiger partial charge on any atom is 0.266 e. The van der Waals surface area contributed by atoms with Crippen molar-refractivity contribution in [1.82, 2.24) is 15.1 Å². The van der Waals surface area contributed by atoms with Gasteiger partial charge >= 0.3 is 0 Å². The molecule has 0 spiro atoms. The molecule has 2 aromatic carbocycles. The van der Waals surface area contributed by atoms with Crippen molar-refractivity contribution < 1.29 is 13.6 Å². The molecule has 0 aliphatic rings. The van der Waals surface area contributed by atoms with Crippen LogP contribution in [-0.4, -0.2) is 22.2 Å². The Kier molecular flexibility index (Phi) is 5.17. The van der Waals surface area contributed by atoms with E-state index in [9.17, 15) is 18.4 Å². The molecule has 0 atom stereocenters. The third-order valence-electron chi connectivity index (χ3n) is 3.72. The van der Waals surface area contributed by atoms with Gasteiger partial charge in [0.15, 0.2) is 0 Å². The lowest BCUT2D eigenvalue weighted by atomic mass is 10.1. The zero-order valence-electron chi connectivity index (χ0n) is 13.7. The molecule has 3 rings (SSSR count). The molecular formula is C19H15F2N3O2. The van der Waals surface area contributed by atoms with Crippen LogP contribution in [0.3, 0.4) is 0 Å². The molecule has 1 amide bonds. The average molecular weight is 355 g/mol. The van der Waals surface area contributed by atoms with Crippen molar-refractivity contribution in [3.63, 3.8) is 0 Å². The van der Waals surface area contributed by atoms with Crippen LogP contribution in [0.15, 0.2) is 65.5 Å². The summed E-state index contributed by atoms with van der Waals surface area (Å²) in [5, 5.41) is 6.88. The molecule has 3 aromatic rings. The number of nitrogens with zero attached hydrogens (tertiary/aromatic N) is 2.